The minimum absolute atomic E-state index is 0.0279. The molecule has 0 bridgehead atoms. The maximum atomic E-state index is 13.4. The van der Waals surface area contributed by atoms with Crippen molar-refractivity contribution in [2.75, 3.05) is 18.4 Å². The van der Waals surface area contributed by atoms with Crippen LogP contribution in [0.3, 0.4) is 0 Å². The molecule has 1 atom stereocenters. The normalized spacial score (nSPS) is 18.1. The van der Waals surface area contributed by atoms with Crippen molar-refractivity contribution in [3.05, 3.63) is 64.5 Å². The van der Waals surface area contributed by atoms with Crippen LogP contribution in [0.5, 0.6) is 0 Å². The van der Waals surface area contributed by atoms with Gasteiger partial charge in [-0.25, -0.2) is 13.4 Å². The fraction of sp³-hybridized carbons (Fsp3) is 0.345. The van der Waals surface area contributed by atoms with Crippen LogP contribution in [0.15, 0.2) is 53.4 Å². The molecular formula is C29H30N4O4S3. The minimum atomic E-state index is -3.62. The number of benzene rings is 2. The molecule has 2 aromatic heterocycles. The predicted octanol–water partition coefficient (Wildman–Crippen LogP) is 5.74. The van der Waals surface area contributed by atoms with Crippen molar-refractivity contribution in [1.82, 2.24) is 14.2 Å². The first-order valence-corrected chi connectivity index (χ1v) is 16.5. The van der Waals surface area contributed by atoms with Crippen LogP contribution in [0, 0.1) is 0 Å². The zero-order valence-corrected chi connectivity index (χ0v) is 24.8. The molecule has 0 radical (unpaired) electrons. The SMILES string of the molecule is CC(=O)N1CCc2c(sc(NC(=O)c3ccc(S(=O)(=O)N4CCCC[C@H]4C)cc3)c2-c2nc3ccccc3s2)C1. The van der Waals surface area contributed by atoms with E-state index in [0.717, 1.165) is 50.5 Å². The molecule has 6 rings (SSSR count). The zero-order valence-electron chi connectivity index (χ0n) is 22.3. The second-order valence-corrected chi connectivity index (χ2v) is 14.4. The van der Waals surface area contributed by atoms with Gasteiger partial charge in [0.15, 0.2) is 0 Å². The molecule has 208 valence electrons. The number of aromatic nitrogens is 1. The third-order valence-electron chi connectivity index (χ3n) is 7.70. The number of thiazole rings is 1. The van der Waals surface area contributed by atoms with E-state index in [1.165, 1.54) is 23.5 Å². The summed E-state index contributed by atoms with van der Waals surface area (Å²) in [5.74, 6) is -0.292. The number of piperidine rings is 1. The Balaban J connectivity index is 1.31. The van der Waals surface area contributed by atoms with Crippen molar-refractivity contribution in [1.29, 1.82) is 0 Å². The molecule has 4 aromatic rings. The van der Waals surface area contributed by atoms with E-state index < -0.39 is 10.0 Å². The van der Waals surface area contributed by atoms with Gasteiger partial charge in [-0.15, -0.1) is 22.7 Å². The van der Waals surface area contributed by atoms with Gasteiger partial charge in [0.25, 0.3) is 5.91 Å². The number of nitrogens with zero attached hydrogens (tertiary/aromatic N) is 3. The number of thiophene rings is 1. The van der Waals surface area contributed by atoms with Gasteiger partial charge in [0, 0.05) is 42.1 Å². The van der Waals surface area contributed by atoms with Gasteiger partial charge in [0.2, 0.25) is 15.9 Å². The summed E-state index contributed by atoms with van der Waals surface area (Å²) in [6, 6.07) is 14.1. The van der Waals surface area contributed by atoms with Gasteiger partial charge in [-0.3, -0.25) is 9.59 Å². The van der Waals surface area contributed by atoms with Gasteiger partial charge in [0.05, 0.1) is 21.7 Å². The highest BCUT2D eigenvalue weighted by molar-refractivity contribution is 7.89. The Kier molecular flexibility index (Phi) is 7.24. The van der Waals surface area contributed by atoms with E-state index >= 15 is 0 Å². The summed E-state index contributed by atoms with van der Waals surface area (Å²) < 4.78 is 29.1. The van der Waals surface area contributed by atoms with Gasteiger partial charge >= 0.3 is 0 Å². The number of nitrogens with one attached hydrogen (secondary N) is 1. The molecule has 0 unspecified atom stereocenters. The Hall–Kier alpha value is -3.12. The number of para-hydroxylation sites is 1. The maximum Gasteiger partial charge on any atom is 0.256 e. The number of fused-ring (bicyclic) bond motifs is 2. The molecule has 2 aliphatic heterocycles. The number of hydrogen-bond acceptors (Lipinski definition) is 7. The molecule has 1 N–H and O–H groups in total. The topological polar surface area (TPSA) is 99.7 Å². The van der Waals surface area contributed by atoms with Crippen molar-refractivity contribution in [2.24, 2.45) is 0 Å². The lowest BCUT2D eigenvalue weighted by molar-refractivity contribution is -0.129. The van der Waals surface area contributed by atoms with Crippen LogP contribution in [-0.4, -0.2) is 53.6 Å². The third-order valence-corrected chi connectivity index (χ3v) is 11.9. The average Bonchev–Trinajstić information content (AvgIpc) is 3.53. The summed E-state index contributed by atoms with van der Waals surface area (Å²) in [5, 5.41) is 4.61. The number of amides is 2. The first-order valence-electron chi connectivity index (χ1n) is 13.4. The minimum Gasteiger partial charge on any atom is -0.337 e. The highest BCUT2D eigenvalue weighted by Gasteiger charge is 2.32. The van der Waals surface area contributed by atoms with Crippen molar-refractivity contribution in [2.45, 2.75) is 57.0 Å². The predicted molar refractivity (Wildman–Crippen MR) is 159 cm³/mol. The lowest BCUT2D eigenvalue weighted by Gasteiger charge is -2.32. The van der Waals surface area contributed by atoms with Crippen LogP contribution in [0.2, 0.25) is 0 Å². The zero-order chi connectivity index (χ0) is 28.0. The van der Waals surface area contributed by atoms with Crippen molar-refractivity contribution in [3.63, 3.8) is 0 Å². The monoisotopic (exact) mass is 594 g/mol. The fourth-order valence-corrected chi connectivity index (χ4v) is 9.55. The average molecular weight is 595 g/mol. The van der Waals surface area contributed by atoms with E-state index in [0.29, 0.717) is 36.6 Å². The Bertz CT molecular complexity index is 1680. The standard InChI is InChI=1S/C29H30N4O4S3/c1-18-7-5-6-15-33(18)40(36,37)21-12-10-20(11-13-21)27(35)31-29-26(28-30-23-8-3-4-9-24(23)38-28)22-14-16-32(19(2)34)17-25(22)39-29/h3-4,8-13,18H,5-7,14-17H2,1-2H3,(H,31,35)/t18-/m1/s1. The molecule has 2 amide bonds. The summed E-state index contributed by atoms with van der Waals surface area (Å²) in [5.41, 5.74) is 3.31. The molecule has 1 saturated heterocycles. The molecule has 0 saturated carbocycles. The number of anilines is 1. The number of carbonyl (C=O) groups excluding carboxylic acids is 2. The lowest BCUT2D eigenvalue weighted by atomic mass is 10.0. The van der Waals surface area contributed by atoms with Crippen LogP contribution in [0.4, 0.5) is 5.00 Å². The van der Waals surface area contributed by atoms with Crippen LogP contribution >= 0.6 is 22.7 Å². The third kappa shape index (κ3) is 4.96. The van der Waals surface area contributed by atoms with Crippen LogP contribution < -0.4 is 5.32 Å². The van der Waals surface area contributed by atoms with Crippen LogP contribution in [-0.2, 0) is 27.8 Å². The molecule has 1 fully saturated rings. The lowest BCUT2D eigenvalue weighted by Crippen LogP contribution is -2.41. The Labute approximate surface area is 241 Å². The summed E-state index contributed by atoms with van der Waals surface area (Å²) >= 11 is 3.06. The molecule has 8 nitrogen and oxygen atoms in total. The number of sulfonamides is 1. The van der Waals surface area contributed by atoms with Gasteiger partial charge in [-0.05, 0) is 68.1 Å². The number of hydrogen-bond donors (Lipinski definition) is 1. The molecule has 0 spiro atoms. The van der Waals surface area contributed by atoms with Crippen molar-refractivity contribution < 1.29 is 18.0 Å². The second kappa shape index (κ2) is 10.7. The van der Waals surface area contributed by atoms with E-state index in [1.807, 2.05) is 36.1 Å². The molecule has 40 heavy (non-hydrogen) atoms. The Morgan fingerprint density at radius 1 is 1.02 bits per heavy atom. The smallest absolute Gasteiger partial charge is 0.256 e. The number of rotatable bonds is 5. The molecule has 11 heteroatoms. The van der Waals surface area contributed by atoms with E-state index in [4.69, 9.17) is 4.98 Å². The highest BCUT2D eigenvalue weighted by atomic mass is 32.2. The Morgan fingerprint density at radius 2 is 1.80 bits per heavy atom. The van der Waals surface area contributed by atoms with E-state index in [-0.39, 0.29) is 22.8 Å². The van der Waals surface area contributed by atoms with Crippen molar-refractivity contribution in [3.8, 4) is 10.6 Å². The summed E-state index contributed by atoms with van der Waals surface area (Å²) in [4.78, 5) is 33.4. The van der Waals surface area contributed by atoms with Crippen LogP contribution in [0.1, 0.15) is 53.9 Å². The van der Waals surface area contributed by atoms with E-state index in [1.54, 1.807) is 34.7 Å². The molecular weight excluding hydrogens is 565 g/mol. The van der Waals surface area contributed by atoms with E-state index in [2.05, 4.69) is 5.32 Å². The summed E-state index contributed by atoms with van der Waals surface area (Å²) in [6.07, 6.45) is 3.43. The first-order chi connectivity index (χ1) is 19.2. The highest BCUT2D eigenvalue weighted by Crippen LogP contribution is 2.46. The molecule has 0 aliphatic carbocycles. The van der Waals surface area contributed by atoms with Crippen molar-refractivity contribution >= 4 is 59.7 Å². The number of carbonyl (C=O) groups is 2. The Morgan fingerprint density at radius 3 is 2.52 bits per heavy atom. The van der Waals surface area contributed by atoms with Gasteiger partial charge < -0.3 is 10.2 Å². The first kappa shape index (κ1) is 27.1. The second-order valence-electron chi connectivity index (χ2n) is 10.3. The van der Waals surface area contributed by atoms with Crippen LogP contribution in [0.25, 0.3) is 20.8 Å². The van der Waals surface area contributed by atoms with Gasteiger partial charge in [0.1, 0.15) is 10.0 Å². The largest absolute Gasteiger partial charge is 0.337 e. The van der Waals surface area contributed by atoms with Gasteiger partial charge in [-0.1, -0.05) is 18.6 Å². The van der Waals surface area contributed by atoms with Gasteiger partial charge in [-0.2, -0.15) is 4.31 Å². The molecule has 4 heterocycles. The van der Waals surface area contributed by atoms with E-state index in [9.17, 15) is 18.0 Å². The summed E-state index contributed by atoms with van der Waals surface area (Å²) in [6.45, 7) is 5.16. The fourth-order valence-electron chi connectivity index (χ4n) is 5.48. The summed E-state index contributed by atoms with van der Waals surface area (Å²) in [7, 11) is -3.62. The maximum absolute atomic E-state index is 13.4. The molecule has 2 aliphatic rings. The molecule has 2 aromatic carbocycles. The quantitative estimate of drug-likeness (QED) is 0.318.